The number of nitrogens with zero attached hydrogens (tertiary/aromatic N) is 1. The van der Waals surface area contributed by atoms with Gasteiger partial charge in [-0.05, 0) is 36.5 Å². The molecule has 0 radical (unpaired) electrons. The number of rotatable bonds is 4. The first-order chi connectivity index (χ1) is 15.1. The average Bonchev–Trinajstić information content (AvgIpc) is 2.74. The number of fused-ring (bicyclic) bond motifs is 2. The molecule has 1 heterocycles. The highest BCUT2D eigenvalue weighted by atomic mass is 16.5. The molecule has 168 valence electrons. The van der Waals surface area contributed by atoms with Gasteiger partial charge in [-0.25, -0.2) is 4.79 Å². The number of benzene rings is 1. The fourth-order valence-corrected chi connectivity index (χ4v) is 4.40. The van der Waals surface area contributed by atoms with Crippen LogP contribution in [0.2, 0.25) is 0 Å². The van der Waals surface area contributed by atoms with Gasteiger partial charge in [0.25, 0.3) is 0 Å². The fraction of sp³-hybridized carbons (Fsp3) is 0.385. The summed E-state index contributed by atoms with van der Waals surface area (Å²) in [6.45, 7) is 9.01. The molecule has 0 atom stereocenters. The summed E-state index contributed by atoms with van der Waals surface area (Å²) < 4.78 is 4.71. The molecule has 0 bridgehead atoms. The number of pyridine rings is 1. The molecule has 6 nitrogen and oxygen atoms in total. The van der Waals surface area contributed by atoms with Crippen LogP contribution in [0, 0.1) is 5.41 Å². The third-order valence-corrected chi connectivity index (χ3v) is 6.21. The first kappa shape index (κ1) is 21.9. The Balaban J connectivity index is 1.82. The van der Waals surface area contributed by atoms with Gasteiger partial charge in [-0.2, -0.15) is 0 Å². The van der Waals surface area contributed by atoms with Crippen LogP contribution in [0.15, 0.2) is 30.4 Å². The molecule has 6 heteroatoms. The molecule has 1 aromatic carbocycles. The summed E-state index contributed by atoms with van der Waals surface area (Å²) in [4.78, 5) is 16.8. The summed E-state index contributed by atoms with van der Waals surface area (Å²) in [7, 11) is 3.22. The van der Waals surface area contributed by atoms with Gasteiger partial charge >= 0.3 is 6.09 Å². The molecule has 0 saturated heterocycles. The van der Waals surface area contributed by atoms with E-state index < -0.39 is 6.09 Å². The number of hydrogen-bond donors (Lipinski definition) is 3. The molecule has 32 heavy (non-hydrogen) atoms. The van der Waals surface area contributed by atoms with Gasteiger partial charge in [-0.1, -0.05) is 52.0 Å². The molecule has 2 aliphatic carbocycles. The van der Waals surface area contributed by atoms with Crippen molar-refractivity contribution in [3.8, 4) is 0 Å². The predicted octanol–water partition coefficient (Wildman–Crippen LogP) is 6.34. The Bertz CT molecular complexity index is 1130. The van der Waals surface area contributed by atoms with Crippen molar-refractivity contribution in [3.05, 3.63) is 52.9 Å². The first-order valence-electron chi connectivity index (χ1n) is 11.0. The Labute approximate surface area is 190 Å². The van der Waals surface area contributed by atoms with Crippen LogP contribution < -0.4 is 16.0 Å². The van der Waals surface area contributed by atoms with E-state index in [1.54, 1.807) is 0 Å². The maximum absolute atomic E-state index is 11.6. The number of aromatic nitrogens is 1. The molecule has 2 aliphatic rings. The second-order valence-corrected chi connectivity index (χ2v) is 9.85. The lowest BCUT2D eigenvalue weighted by Crippen LogP contribution is -2.26. The van der Waals surface area contributed by atoms with Gasteiger partial charge in [-0.3, -0.25) is 10.3 Å². The van der Waals surface area contributed by atoms with Crippen molar-refractivity contribution < 1.29 is 9.53 Å². The largest absolute Gasteiger partial charge is 0.453 e. The van der Waals surface area contributed by atoms with Crippen LogP contribution in [0.1, 0.15) is 56.6 Å². The van der Waals surface area contributed by atoms with Crippen LogP contribution in [-0.4, -0.2) is 25.2 Å². The zero-order chi connectivity index (χ0) is 23.1. The van der Waals surface area contributed by atoms with Crippen molar-refractivity contribution >= 4 is 41.0 Å². The van der Waals surface area contributed by atoms with Gasteiger partial charge in [0, 0.05) is 29.3 Å². The fourth-order valence-electron chi connectivity index (χ4n) is 4.40. The summed E-state index contributed by atoms with van der Waals surface area (Å²) >= 11 is 0. The zero-order valence-corrected chi connectivity index (χ0v) is 19.7. The average molecular weight is 433 g/mol. The summed E-state index contributed by atoms with van der Waals surface area (Å²) in [5.41, 5.74) is 8.15. The monoisotopic (exact) mass is 432 g/mol. The normalized spacial score (nSPS) is 17.2. The minimum Gasteiger partial charge on any atom is -0.453 e. The van der Waals surface area contributed by atoms with E-state index in [-0.39, 0.29) is 10.8 Å². The quantitative estimate of drug-likeness (QED) is 0.526. The van der Waals surface area contributed by atoms with E-state index in [1.807, 2.05) is 25.2 Å². The van der Waals surface area contributed by atoms with Crippen molar-refractivity contribution in [3.63, 3.8) is 0 Å². The molecule has 0 saturated carbocycles. The van der Waals surface area contributed by atoms with Crippen molar-refractivity contribution in [1.82, 2.24) is 4.98 Å². The molecule has 2 aromatic rings. The van der Waals surface area contributed by atoms with Crippen LogP contribution in [0.25, 0.3) is 12.2 Å². The zero-order valence-electron chi connectivity index (χ0n) is 19.7. The Morgan fingerprint density at radius 1 is 1.09 bits per heavy atom. The Hall–Kier alpha value is -3.28. The van der Waals surface area contributed by atoms with Crippen molar-refractivity contribution in [1.29, 1.82) is 0 Å². The number of carbonyl (C=O) groups excluding carboxylic acids is 1. The summed E-state index contributed by atoms with van der Waals surface area (Å²) in [5, 5.41) is 9.64. The lowest BCUT2D eigenvalue weighted by atomic mass is 9.75. The molecule has 1 aromatic heterocycles. The SMILES string of the molecule is CNc1cc(NC(=O)OC)ccc1Nc1c2c(nc3c1C=CCC3(C)C)CC(C)(C)C=C2. The van der Waals surface area contributed by atoms with E-state index >= 15 is 0 Å². The number of nitrogens with one attached hydrogen (secondary N) is 3. The second-order valence-electron chi connectivity index (χ2n) is 9.85. The minimum atomic E-state index is -0.495. The third kappa shape index (κ3) is 4.09. The highest BCUT2D eigenvalue weighted by Gasteiger charge is 2.33. The second kappa shape index (κ2) is 8.01. The van der Waals surface area contributed by atoms with Crippen LogP contribution in [-0.2, 0) is 16.6 Å². The van der Waals surface area contributed by atoms with E-state index in [0.29, 0.717) is 5.69 Å². The van der Waals surface area contributed by atoms with Crippen LogP contribution in [0.5, 0.6) is 0 Å². The standard InChI is InChI=1S/C26H32N4O2/c1-25(2)13-11-17-21(15-25)30-23-18(8-7-12-26(23,3)4)22(17)29-19-10-9-16(14-20(19)27-5)28-24(31)32-6/h7-11,13-14,27H,12,15H2,1-6H3,(H,28,31)(H,29,30). The first-order valence-corrected chi connectivity index (χ1v) is 11.0. The maximum Gasteiger partial charge on any atom is 0.411 e. The molecule has 0 aliphatic heterocycles. The molecule has 0 unspecified atom stereocenters. The number of ether oxygens (including phenoxy) is 1. The molecule has 3 N–H and O–H groups in total. The molecule has 0 fully saturated rings. The predicted molar refractivity (Wildman–Crippen MR) is 133 cm³/mol. The number of amides is 1. The number of hydrogen-bond acceptors (Lipinski definition) is 5. The van der Waals surface area contributed by atoms with Crippen LogP contribution in [0.3, 0.4) is 0 Å². The highest BCUT2D eigenvalue weighted by molar-refractivity contribution is 5.90. The van der Waals surface area contributed by atoms with Gasteiger partial charge < -0.3 is 15.4 Å². The van der Waals surface area contributed by atoms with Gasteiger partial charge in [0.05, 0.1) is 35.6 Å². The summed E-state index contributed by atoms with van der Waals surface area (Å²) in [6, 6.07) is 5.71. The van der Waals surface area contributed by atoms with E-state index in [2.05, 4.69) is 67.9 Å². The van der Waals surface area contributed by atoms with E-state index in [9.17, 15) is 4.79 Å². The topological polar surface area (TPSA) is 75.3 Å². The lowest BCUT2D eigenvalue weighted by Gasteiger charge is -2.34. The van der Waals surface area contributed by atoms with Gasteiger partial charge in [0.2, 0.25) is 0 Å². The van der Waals surface area contributed by atoms with E-state index in [1.165, 1.54) is 7.11 Å². The Kier molecular flexibility index (Phi) is 5.49. The van der Waals surface area contributed by atoms with E-state index in [4.69, 9.17) is 9.72 Å². The molecular weight excluding hydrogens is 400 g/mol. The number of carbonyl (C=O) groups is 1. The third-order valence-electron chi connectivity index (χ3n) is 6.21. The van der Waals surface area contributed by atoms with Gasteiger partial charge in [0.1, 0.15) is 0 Å². The lowest BCUT2D eigenvalue weighted by molar-refractivity contribution is 0.187. The summed E-state index contributed by atoms with van der Waals surface area (Å²) in [5.74, 6) is 0. The highest BCUT2D eigenvalue weighted by Crippen LogP contribution is 2.44. The van der Waals surface area contributed by atoms with Gasteiger partial charge in [0.15, 0.2) is 0 Å². The van der Waals surface area contributed by atoms with E-state index in [0.717, 1.165) is 52.4 Å². The number of methoxy groups -OCH3 is 1. The molecule has 4 rings (SSSR count). The Morgan fingerprint density at radius 3 is 2.59 bits per heavy atom. The summed E-state index contributed by atoms with van der Waals surface area (Å²) in [6.07, 6.45) is 10.3. The van der Waals surface area contributed by atoms with Crippen LogP contribution >= 0.6 is 0 Å². The smallest absolute Gasteiger partial charge is 0.411 e. The van der Waals surface area contributed by atoms with Crippen molar-refractivity contribution in [2.45, 2.75) is 46.0 Å². The molecular formula is C26H32N4O2. The maximum atomic E-state index is 11.6. The molecule has 1 amide bonds. The minimum absolute atomic E-state index is 0.0268. The molecule has 0 spiro atoms. The van der Waals surface area contributed by atoms with Gasteiger partial charge in [-0.15, -0.1) is 0 Å². The van der Waals surface area contributed by atoms with Crippen LogP contribution in [0.4, 0.5) is 27.5 Å². The van der Waals surface area contributed by atoms with Crippen molar-refractivity contribution in [2.24, 2.45) is 5.41 Å². The number of allylic oxidation sites excluding steroid dienone is 2. The van der Waals surface area contributed by atoms with Crippen molar-refractivity contribution in [2.75, 3.05) is 30.1 Å². The number of anilines is 4. The Morgan fingerprint density at radius 2 is 1.88 bits per heavy atom.